The summed E-state index contributed by atoms with van der Waals surface area (Å²) >= 11 is 0. The minimum atomic E-state index is 1.19. The fraction of sp³-hybridized carbons (Fsp3) is 0.0385. The van der Waals surface area contributed by atoms with Crippen LogP contribution in [0, 0.1) is 0 Å². The van der Waals surface area contributed by atoms with Crippen molar-refractivity contribution >= 4 is 54.2 Å². The first kappa shape index (κ1) is 30.0. The minimum absolute atomic E-state index is 1.19. The summed E-state index contributed by atoms with van der Waals surface area (Å²) in [7, 11) is 4.20. The second-order valence-electron chi connectivity index (χ2n) is 14.7. The molecule has 0 bridgehead atoms. The number of fused-ring (bicyclic) bond motifs is 14. The molecule has 0 heterocycles. The summed E-state index contributed by atoms with van der Waals surface area (Å²) in [6.45, 7) is 0. The van der Waals surface area contributed by atoms with E-state index in [-0.39, 0.29) is 0 Å². The van der Waals surface area contributed by atoms with Crippen molar-refractivity contribution in [1.82, 2.24) is 4.90 Å². The van der Waals surface area contributed by atoms with Crippen LogP contribution < -0.4 is 0 Å². The Kier molecular flexibility index (Phi) is 6.45. The first-order valence-electron chi connectivity index (χ1n) is 18.5. The number of hydrogen-bond donors (Lipinski definition) is 0. The molecule has 8 aromatic rings. The van der Waals surface area contributed by atoms with Gasteiger partial charge in [-0.15, -0.1) is 0 Å². The molecule has 0 fully saturated rings. The predicted octanol–water partition coefficient (Wildman–Crippen LogP) is 13.1. The van der Waals surface area contributed by atoms with Crippen LogP contribution in [0.25, 0.3) is 76.5 Å². The molecule has 0 unspecified atom stereocenters. The van der Waals surface area contributed by atoms with E-state index in [1.54, 1.807) is 0 Å². The summed E-state index contributed by atoms with van der Waals surface area (Å²) < 4.78 is 0. The van der Waals surface area contributed by atoms with Crippen LogP contribution >= 0.6 is 0 Å². The maximum atomic E-state index is 2.45. The molecule has 3 aliphatic rings. The third kappa shape index (κ3) is 4.51. The Bertz CT molecular complexity index is 2690. The van der Waals surface area contributed by atoms with Crippen LogP contribution in [0.5, 0.6) is 0 Å². The second kappa shape index (κ2) is 11.4. The number of hydrogen-bond acceptors (Lipinski definition) is 1. The smallest absolute Gasteiger partial charge is 0.00591 e. The van der Waals surface area contributed by atoms with Gasteiger partial charge in [0.05, 0.1) is 0 Å². The van der Waals surface area contributed by atoms with Crippen LogP contribution in [0.3, 0.4) is 0 Å². The molecule has 0 N–H and O–H groups in total. The molecule has 0 aliphatic heterocycles. The largest absolute Gasteiger partial charge is 0.383 e. The molecule has 1 nitrogen and oxygen atoms in total. The van der Waals surface area contributed by atoms with Crippen LogP contribution in [0.15, 0.2) is 193 Å². The van der Waals surface area contributed by atoms with Crippen LogP contribution in [0.4, 0.5) is 0 Å². The standard InChI is InChI=1S/C52H35N/c1-53(2)31-32-27-37(29-47-43-23-19-33-11-3-7-15-39(33)49(43)50-40-16-8-4-12-34(40)20-24-44(47)50)38(28-32)30-48-45-25-21-35-13-5-9-17-41(35)51(45)52-42-18-10-6-14-36(42)22-26-46(48)52/h3-31H,1-2H3. The topological polar surface area (TPSA) is 3.24 Å². The molecule has 0 saturated heterocycles. The lowest BCUT2D eigenvalue weighted by molar-refractivity contribution is 0.561. The van der Waals surface area contributed by atoms with E-state index in [0.29, 0.717) is 0 Å². The number of rotatable bonds is 3. The summed E-state index contributed by atoms with van der Waals surface area (Å²) in [5.74, 6) is 0. The summed E-state index contributed by atoms with van der Waals surface area (Å²) in [5.41, 5.74) is 16.7. The first-order chi connectivity index (χ1) is 26.1. The van der Waals surface area contributed by atoms with Gasteiger partial charge in [-0.2, -0.15) is 0 Å². The Morgan fingerprint density at radius 3 is 0.962 bits per heavy atom. The van der Waals surface area contributed by atoms with Gasteiger partial charge in [-0.05, 0) is 140 Å². The zero-order valence-electron chi connectivity index (χ0n) is 29.7. The van der Waals surface area contributed by atoms with Crippen LogP contribution in [0.2, 0.25) is 0 Å². The molecule has 0 spiro atoms. The molecule has 0 atom stereocenters. The van der Waals surface area contributed by atoms with Crippen molar-refractivity contribution < 1.29 is 0 Å². The highest BCUT2D eigenvalue weighted by Gasteiger charge is 2.30. The number of allylic oxidation sites excluding steroid dienone is 7. The monoisotopic (exact) mass is 673 g/mol. The molecule has 0 saturated carbocycles. The zero-order valence-corrected chi connectivity index (χ0v) is 29.7. The van der Waals surface area contributed by atoms with Gasteiger partial charge in [-0.3, -0.25) is 0 Å². The number of nitrogens with zero attached hydrogens (tertiary/aromatic N) is 1. The van der Waals surface area contributed by atoms with Crippen molar-refractivity contribution in [3.05, 3.63) is 215 Å². The first-order valence-corrected chi connectivity index (χ1v) is 18.5. The molecule has 0 amide bonds. The fourth-order valence-corrected chi connectivity index (χ4v) is 9.16. The van der Waals surface area contributed by atoms with E-state index in [1.165, 1.54) is 115 Å². The molecule has 8 aromatic carbocycles. The molecule has 11 rings (SSSR count). The summed E-state index contributed by atoms with van der Waals surface area (Å²) in [5, 5.41) is 10.3. The molecule has 248 valence electrons. The van der Waals surface area contributed by atoms with E-state index in [9.17, 15) is 0 Å². The van der Waals surface area contributed by atoms with E-state index < -0.39 is 0 Å². The summed E-state index contributed by atoms with van der Waals surface area (Å²) in [4.78, 5) is 2.14. The maximum Gasteiger partial charge on any atom is 0.00591 e. The Labute approximate surface area is 309 Å². The Balaban J connectivity index is 1.16. The van der Waals surface area contributed by atoms with Crippen LogP contribution in [0.1, 0.15) is 22.3 Å². The van der Waals surface area contributed by atoms with Crippen molar-refractivity contribution in [2.45, 2.75) is 0 Å². The number of benzene rings is 8. The third-order valence-electron chi connectivity index (χ3n) is 11.4. The van der Waals surface area contributed by atoms with Gasteiger partial charge in [0.15, 0.2) is 0 Å². The van der Waals surface area contributed by atoms with Crippen molar-refractivity contribution in [1.29, 1.82) is 0 Å². The quantitative estimate of drug-likeness (QED) is 0.180. The molecular weight excluding hydrogens is 639 g/mol. The summed E-state index contributed by atoms with van der Waals surface area (Å²) in [6.07, 6.45) is 11.8. The van der Waals surface area contributed by atoms with Gasteiger partial charge in [-0.1, -0.05) is 146 Å². The minimum Gasteiger partial charge on any atom is -0.383 e. The van der Waals surface area contributed by atoms with Crippen molar-refractivity contribution in [3.63, 3.8) is 0 Å². The van der Waals surface area contributed by atoms with Gasteiger partial charge in [0.25, 0.3) is 0 Å². The molecule has 0 aromatic heterocycles. The highest BCUT2D eigenvalue weighted by Crippen LogP contribution is 2.53. The molecule has 0 radical (unpaired) electrons. The molecule has 53 heavy (non-hydrogen) atoms. The van der Waals surface area contributed by atoms with Gasteiger partial charge in [0.1, 0.15) is 0 Å². The van der Waals surface area contributed by atoms with Crippen molar-refractivity contribution in [2.24, 2.45) is 0 Å². The van der Waals surface area contributed by atoms with Crippen molar-refractivity contribution in [3.8, 4) is 22.3 Å². The van der Waals surface area contributed by atoms with E-state index in [4.69, 9.17) is 0 Å². The van der Waals surface area contributed by atoms with Gasteiger partial charge in [0.2, 0.25) is 0 Å². The highest BCUT2D eigenvalue weighted by molar-refractivity contribution is 6.20. The lowest BCUT2D eigenvalue weighted by atomic mass is 9.94. The van der Waals surface area contributed by atoms with E-state index in [2.05, 4.69) is 195 Å². The van der Waals surface area contributed by atoms with E-state index in [0.717, 1.165) is 0 Å². The normalized spacial score (nSPS) is 14.0. The Morgan fingerprint density at radius 1 is 0.358 bits per heavy atom. The van der Waals surface area contributed by atoms with Gasteiger partial charge in [0, 0.05) is 20.3 Å². The van der Waals surface area contributed by atoms with E-state index in [1.807, 2.05) is 0 Å². The van der Waals surface area contributed by atoms with Gasteiger partial charge in [-0.25, -0.2) is 0 Å². The summed E-state index contributed by atoms with van der Waals surface area (Å²) in [6, 6.07) is 53.8. The van der Waals surface area contributed by atoms with Crippen LogP contribution in [-0.2, 0) is 0 Å². The molecular formula is C52H35N. The Hall–Kier alpha value is -6.70. The predicted molar refractivity (Wildman–Crippen MR) is 226 cm³/mol. The SMILES string of the molecule is CN(C)C=C1C=C(C=C2c3ccc4ccccc4c3-c3c2ccc2ccccc32)C(C=C2c3ccc4ccccc4c3-c3c2ccc2ccccc32)=C1. The zero-order chi connectivity index (χ0) is 35.2. The second-order valence-corrected chi connectivity index (χ2v) is 14.7. The average molecular weight is 674 g/mol. The molecule has 1 heteroatoms. The lowest BCUT2D eigenvalue weighted by Gasteiger charge is -2.09. The highest BCUT2D eigenvalue weighted by atomic mass is 15.0. The third-order valence-corrected chi connectivity index (χ3v) is 11.4. The fourth-order valence-electron chi connectivity index (χ4n) is 9.16. The van der Waals surface area contributed by atoms with E-state index >= 15 is 0 Å². The van der Waals surface area contributed by atoms with Gasteiger partial charge >= 0.3 is 0 Å². The average Bonchev–Trinajstić information content (AvgIpc) is 3.84. The Morgan fingerprint density at radius 2 is 0.660 bits per heavy atom. The lowest BCUT2D eigenvalue weighted by Crippen LogP contribution is -2.01. The van der Waals surface area contributed by atoms with Crippen LogP contribution in [-0.4, -0.2) is 19.0 Å². The maximum absolute atomic E-state index is 2.45. The van der Waals surface area contributed by atoms with Crippen molar-refractivity contribution in [2.75, 3.05) is 14.1 Å². The molecule has 3 aliphatic carbocycles. The van der Waals surface area contributed by atoms with Gasteiger partial charge < -0.3 is 4.90 Å².